The van der Waals surface area contributed by atoms with E-state index in [9.17, 15) is 4.79 Å². The molecule has 4 nitrogen and oxygen atoms in total. The standard InChI is InChI=1S/C19H23NO3/c1-16(13-20(2)14-17-9-5-3-6-10-17)23-19(21)15-22-18-11-7-4-8-12-18/h3-12,16H,13-15H2,1-2H3/t16-/m1/s1. The average Bonchev–Trinajstić information content (AvgIpc) is 2.54. The maximum absolute atomic E-state index is 11.8. The largest absolute Gasteiger partial charge is 0.482 e. The molecule has 0 amide bonds. The van der Waals surface area contributed by atoms with Crippen molar-refractivity contribution in [2.45, 2.75) is 19.6 Å². The van der Waals surface area contributed by atoms with E-state index < -0.39 is 0 Å². The van der Waals surface area contributed by atoms with Crippen molar-refractivity contribution in [3.8, 4) is 5.75 Å². The lowest BCUT2D eigenvalue weighted by Crippen LogP contribution is -2.31. The number of nitrogens with zero attached hydrogens (tertiary/aromatic N) is 1. The third-order valence-electron chi connectivity index (χ3n) is 3.30. The van der Waals surface area contributed by atoms with Gasteiger partial charge in [-0.3, -0.25) is 4.90 Å². The molecule has 2 aromatic carbocycles. The maximum Gasteiger partial charge on any atom is 0.344 e. The van der Waals surface area contributed by atoms with Gasteiger partial charge < -0.3 is 9.47 Å². The van der Waals surface area contributed by atoms with E-state index in [4.69, 9.17) is 9.47 Å². The predicted octanol–water partition coefficient (Wildman–Crippen LogP) is 3.13. The molecular formula is C19H23NO3. The van der Waals surface area contributed by atoms with Crippen molar-refractivity contribution >= 4 is 5.97 Å². The number of hydrogen-bond donors (Lipinski definition) is 0. The Kier molecular flexibility index (Phi) is 6.63. The molecule has 122 valence electrons. The molecule has 0 aromatic heterocycles. The Hall–Kier alpha value is -2.33. The van der Waals surface area contributed by atoms with Crippen LogP contribution in [0.15, 0.2) is 60.7 Å². The fraction of sp³-hybridized carbons (Fsp3) is 0.316. The minimum absolute atomic E-state index is 0.0727. The Labute approximate surface area is 137 Å². The molecule has 1 atom stereocenters. The molecule has 4 heteroatoms. The summed E-state index contributed by atoms with van der Waals surface area (Å²) >= 11 is 0. The summed E-state index contributed by atoms with van der Waals surface area (Å²) in [7, 11) is 2.01. The zero-order chi connectivity index (χ0) is 16.5. The fourth-order valence-electron chi connectivity index (χ4n) is 2.35. The van der Waals surface area contributed by atoms with Crippen LogP contribution in [0.1, 0.15) is 12.5 Å². The van der Waals surface area contributed by atoms with Crippen LogP contribution >= 0.6 is 0 Å². The SMILES string of the molecule is C[C@H](CN(C)Cc1ccccc1)OC(=O)COc1ccccc1. The first-order valence-electron chi connectivity index (χ1n) is 7.73. The van der Waals surface area contributed by atoms with Gasteiger partial charge >= 0.3 is 5.97 Å². The molecule has 0 aliphatic heterocycles. The van der Waals surface area contributed by atoms with Crippen LogP contribution in [-0.4, -0.2) is 37.2 Å². The molecule has 0 bridgehead atoms. The summed E-state index contributed by atoms with van der Waals surface area (Å²) < 4.78 is 10.8. The topological polar surface area (TPSA) is 38.8 Å². The number of esters is 1. The summed E-state index contributed by atoms with van der Waals surface area (Å²) in [6.45, 7) is 3.31. The Morgan fingerprint density at radius 2 is 1.65 bits per heavy atom. The highest BCUT2D eigenvalue weighted by Crippen LogP contribution is 2.08. The Morgan fingerprint density at radius 3 is 2.30 bits per heavy atom. The second kappa shape index (κ2) is 8.96. The third kappa shape index (κ3) is 6.53. The molecule has 0 heterocycles. The van der Waals surface area contributed by atoms with Crippen molar-refractivity contribution in [1.82, 2.24) is 4.90 Å². The van der Waals surface area contributed by atoms with Gasteiger partial charge in [0.1, 0.15) is 11.9 Å². The van der Waals surface area contributed by atoms with Gasteiger partial charge in [-0.05, 0) is 31.7 Å². The second-order valence-electron chi connectivity index (χ2n) is 5.58. The molecule has 0 unspecified atom stereocenters. The number of rotatable bonds is 8. The smallest absolute Gasteiger partial charge is 0.344 e. The molecule has 0 fully saturated rings. The van der Waals surface area contributed by atoms with Crippen LogP contribution in [0.3, 0.4) is 0 Å². The minimum atomic E-state index is -0.352. The van der Waals surface area contributed by atoms with Gasteiger partial charge in [0.2, 0.25) is 0 Å². The van der Waals surface area contributed by atoms with Crippen LogP contribution in [0.25, 0.3) is 0 Å². The van der Waals surface area contributed by atoms with Crippen LogP contribution in [0.4, 0.5) is 0 Å². The second-order valence-corrected chi connectivity index (χ2v) is 5.58. The number of carbonyl (C=O) groups is 1. The normalized spacial score (nSPS) is 12.0. The molecular weight excluding hydrogens is 290 g/mol. The molecule has 0 saturated heterocycles. The minimum Gasteiger partial charge on any atom is -0.482 e. The van der Waals surface area contributed by atoms with Gasteiger partial charge in [-0.2, -0.15) is 0 Å². The molecule has 23 heavy (non-hydrogen) atoms. The van der Waals surface area contributed by atoms with Gasteiger partial charge in [0.25, 0.3) is 0 Å². The summed E-state index contributed by atoms with van der Waals surface area (Å²) in [6.07, 6.45) is -0.185. The van der Waals surface area contributed by atoms with Gasteiger partial charge in [0.05, 0.1) is 0 Å². The van der Waals surface area contributed by atoms with Gasteiger partial charge in [-0.1, -0.05) is 48.5 Å². The van der Waals surface area contributed by atoms with Gasteiger partial charge in [-0.15, -0.1) is 0 Å². The summed E-state index contributed by atoms with van der Waals surface area (Å²) in [4.78, 5) is 13.9. The molecule has 2 rings (SSSR count). The van der Waals surface area contributed by atoms with Gasteiger partial charge in [0, 0.05) is 13.1 Å². The first-order chi connectivity index (χ1) is 11.1. The molecule has 0 aliphatic carbocycles. The third-order valence-corrected chi connectivity index (χ3v) is 3.30. The Bertz CT molecular complexity index is 586. The summed E-state index contributed by atoms with van der Waals surface area (Å²) in [5.74, 6) is 0.313. The molecule has 0 N–H and O–H groups in total. The number of carbonyl (C=O) groups excluding carboxylic acids is 1. The van der Waals surface area contributed by atoms with E-state index >= 15 is 0 Å². The highest BCUT2D eigenvalue weighted by atomic mass is 16.6. The van der Waals surface area contributed by atoms with Crippen molar-refractivity contribution in [1.29, 1.82) is 0 Å². The number of benzene rings is 2. The van der Waals surface area contributed by atoms with E-state index in [1.54, 1.807) is 0 Å². The molecule has 0 spiro atoms. The average molecular weight is 313 g/mol. The number of hydrogen-bond acceptors (Lipinski definition) is 4. The van der Waals surface area contributed by atoms with Gasteiger partial charge in [-0.25, -0.2) is 4.79 Å². The Balaban J connectivity index is 1.69. The lowest BCUT2D eigenvalue weighted by Gasteiger charge is -2.21. The van der Waals surface area contributed by atoms with Crippen LogP contribution < -0.4 is 4.74 Å². The summed E-state index contributed by atoms with van der Waals surface area (Å²) in [5.41, 5.74) is 1.24. The van der Waals surface area contributed by atoms with Crippen LogP contribution in [0, 0.1) is 0 Å². The molecule has 0 saturated carbocycles. The van der Waals surface area contributed by atoms with E-state index in [1.165, 1.54) is 5.56 Å². The monoisotopic (exact) mass is 313 g/mol. The zero-order valence-corrected chi connectivity index (χ0v) is 13.6. The highest BCUT2D eigenvalue weighted by molar-refractivity contribution is 5.71. The number of ether oxygens (including phenoxy) is 2. The van der Waals surface area contributed by atoms with Crippen LogP contribution in [0.5, 0.6) is 5.75 Å². The molecule has 2 aromatic rings. The van der Waals surface area contributed by atoms with Crippen LogP contribution in [-0.2, 0) is 16.1 Å². The van der Waals surface area contributed by atoms with Crippen molar-refractivity contribution in [3.05, 3.63) is 66.2 Å². The summed E-state index contributed by atoms with van der Waals surface area (Å²) in [6, 6.07) is 19.5. The van der Waals surface area contributed by atoms with Crippen molar-refractivity contribution in [2.24, 2.45) is 0 Å². The van der Waals surface area contributed by atoms with E-state index in [2.05, 4.69) is 17.0 Å². The van der Waals surface area contributed by atoms with Crippen LogP contribution in [0.2, 0.25) is 0 Å². The molecule has 0 aliphatic rings. The summed E-state index contributed by atoms with van der Waals surface area (Å²) in [5, 5.41) is 0. The lowest BCUT2D eigenvalue weighted by atomic mass is 10.2. The Morgan fingerprint density at radius 1 is 1.04 bits per heavy atom. The van der Waals surface area contributed by atoms with Crippen molar-refractivity contribution < 1.29 is 14.3 Å². The molecule has 0 radical (unpaired) electrons. The van der Waals surface area contributed by atoms with Crippen molar-refractivity contribution in [3.63, 3.8) is 0 Å². The van der Waals surface area contributed by atoms with Gasteiger partial charge in [0.15, 0.2) is 6.61 Å². The number of likely N-dealkylation sites (N-methyl/N-ethyl adjacent to an activating group) is 1. The fourth-order valence-corrected chi connectivity index (χ4v) is 2.35. The number of para-hydroxylation sites is 1. The maximum atomic E-state index is 11.8. The lowest BCUT2D eigenvalue weighted by molar-refractivity contribution is -0.151. The quantitative estimate of drug-likeness (QED) is 0.702. The van der Waals surface area contributed by atoms with E-state index in [0.717, 1.165) is 6.54 Å². The highest BCUT2D eigenvalue weighted by Gasteiger charge is 2.12. The predicted molar refractivity (Wildman–Crippen MR) is 90.3 cm³/mol. The first kappa shape index (κ1) is 17.0. The first-order valence-corrected chi connectivity index (χ1v) is 7.73. The van der Waals surface area contributed by atoms with Crippen molar-refractivity contribution in [2.75, 3.05) is 20.2 Å². The van der Waals surface area contributed by atoms with E-state index in [0.29, 0.717) is 12.3 Å². The van der Waals surface area contributed by atoms with E-state index in [-0.39, 0.29) is 18.7 Å². The zero-order valence-electron chi connectivity index (χ0n) is 13.6. The van der Waals surface area contributed by atoms with E-state index in [1.807, 2.05) is 62.5 Å².